The highest BCUT2D eigenvalue weighted by atomic mass is 79.9. The van der Waals surface area contributed by atoms with E-state index in [0.717, 1.165) is 33.6 Å². The normalized spacial score (nSPS) is 21.6. The fourth-order valence-corrected chi connectivity index (χ4v) is 3.18. The van der Waals surface area contributed by atoms with Crippen molar-refractivity contribution in [1.29, 1.82) is 0 Å². The zero-order chi connectivity index (χ0) is 15.8. The highest BCUT2D eigenvalue weighted by Crippen LogP contribution is 2.49. The second kappa shape index (κ2) is 5.89. The largest absolute Gasteiger partial charge is 0.486 e. The molecule has 1 N–H and O–H groups in total. The summed E-state index contributed by atoms with van der Waals surface area (Å²) >= 11 is 3.39. The van der Waals surface area contributed by atoms with Crippen LogP contribution in [0.15, 0.2) is 46.9 Å². The number of halogens is 1. The van der Waals surface area contributed by atoms with E-state index >= 15 is 0 Å². The van der Waals surface area contributed by atoms with Gasteiger partial charge in [-0.1, -0.05) is 22.0 Å². The van der Waals surface area contributed by atoms with Crippen LogP contribution in [0.4, 0.5) is 5.69 Å². The molecule has 0 saturated heterocycles. The van der Waals surface area contributed by atoms with Crippen LogP contribution in [0.25, 0.3) is 0 Å². The van der Waals surface area contributed by atoms with E-state index < -0.39 is 0 Å². The third-order valence-electron chi connectivity index (χ3n) is 4.23. The van der Waals surface area contributed by atoms with Gasteiger partial charge in [-0.2, -0.15) is 0 Å². The fourth-order valence-electron chi connectivity index (χ4n) is 2.91. The molecule has 4 rings (SSSR count). The number of ether oxygens (including phenoxy) is 2. The Kier molecular flexibility index (Phi) is 3.73. The maximum atomic E-state index is 12.4. The maximum Gasteiger partial charge on any atom is 0.228 e. The van der Waals surface area contributed by atoms with Gasteiger partial charge in [-0.15, -0.1) is 0 Å². The summed E-state index contributed by atoms with van der Waals surface area (Å²) in [5.41, 5.74) is 1.97. The van der Waals surface area contributed by atoms with Crippen molar-refractivity contribution in [2.45, 2.75) is 12.3 Å². The van der Waals surface area contributed by atoms with Crippen LogP contribution in [-0.2, 0) is 4.79 Å². The second-order valence-electron chi connectivity index (χ2n) is 5.85. The van der Waals surface area contributed by atoms with Gasteiger partial charge in [-0.3, -0.25) is 4.79 Å². The van der Waals surface area contributed by atoms with E-state index in [-0.39, 0.29) is 17.7 Å². The lowest BCUT2D eigenvalue weighted by molar-refractivity contribution is -0.117. The molecule has 5 heteroatoms. The zero-order valence-corrected chi connectivity index (χ0v) is 14.0. The van der Waals surface area contributed by atoms with Crippen LogP contribution >= 0.6 is 15.9 Å². The summed E-state index contributed by atoms with van der Waals surface area (Å²) in [6.07, 6.45) is 0.877. The molecule has 0 aromatic heterocycles. The van der Waals surface area contributed by atoms with Crippen molar-refractivity contribution in [3.63, 3.8) is 0 Å². The summed E-state index contributed by atoms with van der Waals surface area (Å²) in [6.45, 7) is 1.17. The first-order chi connectivity index (χ1) is 11.2. The average molecular weight is 374 g/mol. The summed E-state index contributed by atoms with van der Waals surface area (Å²) < 4.78 is 12.1. The molecule has 2 aliphatic rings. The van der Waals surface area contributed by atoms with Crippen molar-refractivity contribution in [1.82, 2.24) is 0 Å². The second-order valence-corrected chi connectivity index (χ2v) is 6.76. The van der Waals surface area contributed by atoms with Gasteiger partial charge in [0.15, 0.2) is 11.5 Å². The molecule has 118 valence electrons. The molecule has 0 radical (unpaired) electrons. The Labute approximate surface area is 142 Å². The molecule has 23 heavy (non-hydrogen) atoms. The average Bonchev–Trinajstić information content (AvgIpc) is 3.37. The van der Waals surface area contributed by atoms with E-state index in [1.807, 2.05) is 42.5 Å². The summed E-state index contributed by atoms with van der Waals surface area (Å²) in [5.74, 6) is 1.94. The quantitative estimate of drug-likeness (QED) is 0.885. The Morgan fingerprint density at radius 1 is 1.04 bits per heavy atom. The summed E-state index contributed by atoms with van der Waals surface area (Å²) in [5, 5.41) is 2.98. The molecule has 2 aromatic carbocycles. The van der Waals surface area contributed by atoms with Crippen molar-refractivity contribution in [2.75, 3.05) is 18.5 Å². The van der Waals surface area contributed by atoms with E-state index in [2.05, 4.69) is 21.2 Å². The Morgan fingerprint density at radius 3 is 2.57 bits per heavy atom. The number of rotatable bonds is 3. The van der Waals surface area contributed by atoms with Gasteiger partial charge in [0.25, 0.3) is 0 Å². The number of anilines is 1. The first kappa shape index (κ1) is 14.6. The molecule has 1 aliphatic carbocycles. The Morgan fingerprint density at radius 2 is 1.78 bits per heavy atom. The highest BCUT2D eigenvalue weighted by molar-refractivity contribution is 9.10. The Hall–Kier alpha value is -2.01. The van der Waals surface area contributed by atoms with Crippen LogP contribution in [0.2, 0.25) is 0 Å². The molecule has 4 nitrogen and oxygen atoms in total. The van der Waals surface area contributed by atoms with E-state index in [4.69, 9.17) is 9.47 Å². The third kappa shape index (κ3) is 3.06. The van der Waals surface area contributed by atoms with Gasteiger partial charge in [0.1, 0.15) is 13.2 Å². The number of hydrogen-bond acceptors (Lipinski definition) is 3. The molecule has 1 aliphatic heterocycles. The van der Waals surface area contributed by atoms with Crippen LogP contribution in [0.3, 0.4) is 0 Å². The lowest BCUT2D eigenvalue weighted by Crippen LogP contribution is -2.16. The lowest BCUT2D eigenvalue weighted by Gasteiger charge is -2.18. The van der Waals surface area contributed by atoms with Gasteiger partial charge >= 0.3 is 0 Å². The lowest BCUT2D eigenvalue weighted by atomic mass is 10.1. The number of hydrogen-bond donors (Lipinski definition) is 1. The molecular weight excluding hydrogens is 358 g/mol. The van der Waals surface area contributed by atoms with E-state index in [1.54, 1.807) is 0 Å². The SMILES string of the molecule is O=C(Nc1ccc(Br)cc1)C1CC1c1ccc2c(c1)OCCO2. The molecule has 2 aromatic rings. The highest BCUT2D eigenvalue weighted by Gasteiger charge is 2.44. The Bertz CT molecular complexity index is 744. The number of benzene rings is 2. The van der Waals surface area contributed by atoms with Crippen molar-refractivity contribution in [2.24, 2.45) is 5.92 Å². The molecule has 2 atom stereocenters. The smallest absolute Gasteiger partial charge is 0.228 e. The number of fused-ring (bicyclic) bond motifs is 1. The van der Waals surface area contributed by atoms with Gasteiger partial charge < -0.3 is 14.8 Å². The van der Waals surface area contributed by atoms with Gasteiger partial charge in [0, 0.05) is 16.1 Å². The van der Waals surface area contributed by atoms with Crippen LogP contribution in [0.1, 0.15) is 17.9 Å². The van der Waals surface area contributed by atoms with Crippen molar-refractivity contribution >= 4 is 27.5 Å². The molecule has 1 saturated carbocycles. The molecule has 1 amide bonds. The van der Waals surface area contributed by atoms with Gasteiger partial charge in [-0.05, 0) is 54.3 Å². The number of carbonyl (C=O) groups excluding carboxylic acids is 1. The summed E-state index contributed by atoms with van der Waals surface area (Å²) in [6, 6.07) is 13.6. The van der Waals surface area contributed by atoms with E-state index in [9.17, 15) is 4.79 Å². The Balaban J connectivity index is 1.43. The van der Waals surface area contributed by atoms with Crippen molar-refractivity contribution in [3.05, 3.63) is 52.5 Å². The molecular formula is C18H16BrNO3. The van der Waals surface area contributed by atoms with Gasteiger partial charge in [0.2, 0.25) is 5.91 Å². The number of amides is 1. The first-order valence-electron chi connectivity index (χ1n) is 7.67. The number of carbonyl (C=O) groups is 1. The molecule has 1 fully saturated rings. The van der Waals surface area contributed by atoms with E-state index in [1.165, 1.54) is 0 Å². The van der Waals surface area contributed by atoms with Crippen molar-refractivity contribution < 1.29 is 14.3 Å². The summed E-state index contributed by atoms with van der Waals surface area (Å²) in [7, 11) is 0. The zero-order valence-electron chi connectivity index (χ0n) is 12.4. The monoisotopic (exact) mass is 373 g/mol. The number of nitrogens with one attached hydrogen (secondary N) is 1. The topological polar surface area (TPSA) is 47.6 Å². The van der Waals surface area contributed by atoms with Gasteiger partial charge in [-0.25, -0.2) is 0 Å². The maximum absolute atomic E-state index is 12.4. The van der Waals surface area contributed by atoms with Crippen LogP contribution in [0.5, 0.6) is 11.5 Å². The van der Waals surface area contributed by atoms with Crippen molar-refractivity contribution in [3.8, 4) is 11.5 Å². The predicted octanol–water partition coefficient (Wildman–Crippen LogP) is 3.96. The van der Waals surface area contributed by atoms with Crippen LogP contribution in [-0.4, -0.2) is 19.1 Å². The third-order valence-corrected chi connectivity index (χ3v) is 4.76. The van der Waals surface area contributed by atoms with Crippen LogP contribution in [0, 0.1) is 5.92 Å². The molecule has 0 spiro atoms. The molecule has 2 unspecified atom stereocenters. The minimum Gasteiger partial charge on any atom is -0.486 e. The standard InChI is InChI=1S/C18H16BrNO3/c19-12-2-4-13(5-3-12)20-18(21)15-10-14(15)11-1-6-16-17(9-11)23-8-7-22-16/h1-6,9,14-15H,7-8,10H2,(H,20,21). The predicted molar refractivity (Wildman–Crippen MR) is 91.1 cm³/mol. The minimum absolute atomic E-state index is 0.0289. The summed E-state index contributed by atoms with van der Waals surface area (Å²) in [4.78, 5) is 12.4. The first-order valence-corrected chi connectivity index (χ1v) is 8.46. The molecule has 0 bridgehead atoms. The van der Waals surface area contributed by atoms with Gasteiger partial charge in [0.05, 0.1) is 0 Å². The van der Waals surface area contributed by atoms with E-state index in [0.29, 0.717) is 13.2 Å². The molecule has 1 heterocycles. The van der Waals surface area contributed by atoms with Crippen LogP contribution < -0.4 is 14.8 Å². The fraction of sp³-hybridized carbons (Fsp3) is 0.278. The minimum atomic E-state index is 0.0289.